The summed E-state index contributed by atoms with van der Waals surface area (Å²) < 4.78 is 11.8. The highest BCUT2D eigenvalue weighted by Crippen LogP contribution is 2.30. The molecule has 4 rings (SSSR count). The van der Waals surface area contributed by atoms with Gasteiger partial charge in [0, 0.05) is 46.0 Å². The van der Waals surface area contributed by atoms with E-state index in [9.17, 15) is 0 Å². The van der Waals surface area contributed by atoms with Crippen LogP contribution in [0, 0.1) is 0 Å². The van der Waals surface area contributed by atoms with Crippen LogP contribution in [0.4, 0.5) is 5.82 Å². The van der Waals surface area contributed by atoms with E-state index in [2.05, 4.69) is 43.5 Å². The molecule has 30 heavy (non-hydrogen) atoms. The van der Waals surface area contributed by atoms with E-state index < -0.39 is 0 Å². The second-order valence-corrected chi connectivity index (χ2v) is 7.62. The van der Waals surface area contributed by atoms with Crippen molar-refractivity contribution < 1.29 is 9.47 Å². The normalized spacial score (nSPS) is 19.5. The van der Waals surface area contributed by atoms with Gasteiger partial charge in [-0.2, -0.15) is 0 Å². The van der Waals surface area contributed by atoms with Gasteiger partial charge in [0.1, 0.15) is 18.5 Å². The largest absolute Gasteiger partial charge is 0.486 e. The minimum atomic E-state index is -0.0665. The molecule has 1 aromatic carbocycles. The number of nitrogens with zero attached hydrogens (tertiary/aromatic N) is 4. The molecule has 1 saturated heterocycles. The highest BCUT2D eigenvalue weighted by atomic mass is 16.6. The molecule has 8 nitrogen and oxygen atoms in total. The number of para-hydroxylation sites is 2. The zero-order valence-corrected chi connectivity index (χ0v) is 17.7. The van der Waals surface area contributed by atoms with Gasteiger partial charge in [0.25, 0.3) is 0 Å². The summed E-state index contributed by atoms with van der Waals surface area (Å²) >= 11 is 0. The molecule has 0 radical (unpaired) electrons. The first-order valence-electron chi connectivity index (χ1n) is 10.4. The van der Waals surface area contributed by atoms with Crippen molar-refractivity contribution in [2.45, 2.75) is 12.6 Å². The Balaban J connectivity index is 1.26. The number of ether oxygens (including phenoxy) is 2. The van der Waals surface area contributed by atoms with Crippen LogP contribution < -0.4 is 25.0 Å². The van der Waals surface area contributed by atoms with Gasteiger partial charge in [-0.1, -0.05) is 12.1 Å². The van der Waals surface area contributed by atoms with Crippen LogP contribution in [0.2, 0.25) is 0 Å². The van der Waals surface area contributed by atoms with E-state index in [0.717, 1.165) is 49.5 Å². The molecule has 1 aromatic heterocycles. The molecule has 0 bridgehead atoms. The Bertz CT molecular complexity index is 866. The number of hydrogen-bond acceptors (Lipinski definition) is 6. The second kappa shape index (κ2) is 9.67. The van der Waals surface area contributed by atoms with E-state index in [1.54, 1.807) is 7.05 Å². The van der Waals surface area contributed by atoms with Crippen molar-refractivity contribution in [1.82, 2.24) is 20.5 Å². The van der Waals surface area contributed by atoms with Crippen LogP contribution in [0.1, 0.15) is 5.56 Å². The summed E-state index contributed by atoms with van der Waals surface area (Å²) in [7, 11) is 3.93. The number of rotatable bonds is 5. The number of anilines is 1. The Morgan fingerprint density at radius 3 is 2.73 bits per heavy atom. The number of aliphatic imine (C=N–C) groups is 1. The zero-order valence-electron chi connectivity index (χ0n) is 17.7. The third-order valence-corrected chi connectivity index (χ3v) is 5.39. The number of fused-ring (bicyclic) bond motifs is 1. The number of likely N-dealkylation sites (N-methyl/N-ethyl adjacent to an activating group) is 1. The molecule has 2 aromatic rings. The maximum atomic E-state index is 5.99. The highest BCUT2D eigenvalue weighted by molar-refractivity contribution is 5.79. The van der Waals surface area contributed by atoms with Crippen molar-refractivity contribution in [3.8, 4) is 11.5 Å². The number of nitrogens with one attached hydrogen (secondary N) is 2. The lowest BCUT2D eigenvalue weighted by molar-refractivity contribution is 0.0936. The zero-order chi connectivity index (χ0) is 20.8. The van der Waals surface area contributed by atoms with Gasteiger partial charge in [-0.15, -0.1) is 0 Å². The fraction of sp³-hybridized carbons (Fsp3) is 0.455. The maximum Gasteiger partial charge on any atom is 0.191 e. The Labute approximate surface area is 177 Å². The summed E-state index contributed by atoms with van der Waals surface area (Å²) in [5.41, 5.74) is 1.17. The van der Waals surface area contributed by atoms with Crippen molar-refractivity contribution in [3.63, 3.8) is 0 Å². The number of piperazine rings is 1. The van der Waals surface area contributed by atoms with Crippen LogP contribution in [0.3, 0.4) is 0 Å². The quantitative estimate of drug-likeness (QED) is 0.569. The van der Waals surface area contributed by atoms with E-state index >= 15 is 0 Å². The standard InChI is InChI=1S/C22H30N6O2/c1-23-22(26-15-18-16-29-19-5-3-4-6-20(19)30-18)25-14-17-7-8-24-21(13-17)28-11-9-27(2)10-12-28/h3-8,13,18H,9-12,14-16H2,1-2H3,(H2,23,25,26). The first kappa shape index (κ1) is 20.3. The number of guanidine groups is 1. The summed E-state index contributed by atoms with van der Waals surface area (Å²) in [6.07, 6.45) is 1.81. The summed E-state index contributed by atoms with van der Waals surface area (Å²) in [5.74, 6) is 3.35. The summed E-state index contributed by atoms with van der Waals surface area (Å²) in [6.45, 7) is 5.95. The Hall–Kier alpha value is -3.00. The van der Waals surface area contributed by atoms with E-state index in [1.807, 2.05) is 36.5 Å². The summed E-state index contributed by atoms with van der Waals surface area (Å²) in [4.78, 5) is 13.6. The molecule has 3 heterocycles. The molecule has 1 fully saturated rings. The van der Waals surface area contributed by atoms with Crippen LogP contribution in [0.15, 0.2) is 47.6 Å². The van der Waals surface area contributed by atoms with Gasteiger partial charge in [0.2, 0.25) is 0 Å². The highest BCUT2D eigenvalue weighted by Gasteiger charge is 2.20. The molecule has 1 atom stereocenters. The molecule has 2 N–H and O–H groups in total. The van der Waals surface area contributed by atoms with Gasteiger partial charge in [-0.05, 0) is 36.9 Å². The molecule has 1 unspecified atom stereocenters. The lowest BCUT2D eigenvalue weighted by Crippen LogP contribution is -2.45. The Morgan fingerprint density at radius 1 is 1.13 bits per heavy atom. The SMILES string of the molecule is CN=C(NCc1ccnc(N2CCN(C)CC2)c1)NCC1COc2ccccc2O1. The predicted octanol–water partition coefficient (Wildman–Crippen LogP) is 1.34. The third kappa shape index (κ3) is 5.13. The van der Waals surface area contributed by atoms with Crippen molar-refractivity contribution >= 4 is 11.8 Å². The first-order valence-corrected chi connectivity index (χ1v) is 10.4. The van der Waals surface area contributed by atoms with Crippen LogP contribution >= 0.6 is 0 Å². The first-order chi connectivity index (χ1) is 14.7. The molecular weight excluding hydrogens is 380 g/mol. The molecule has 0 spiro atoms. The van der Waals surface area contributed by atoms with Crippen LogP contribution in [-0.2, 0) is 6.54 Å². The molecule has 2 aliphatic rings. The molecule has 0 aliphatic carbocycles. The minimum absolute atomic E-state index is 0.0665. The lowest BCUT2D eigenvalue weighted by Gasteiger charge is -2.33. The van der Waals surface area contributed by atoms with Crippen LogP contribution in [0.5, 0.6) is 11.5 Å². The summed E-state index contributed by atoms with van der Waals surface area (Å²) in [6, 6.07) is 11.9. The van der Waals surface area contributed by atoms with E-state index in [-0.39, 0.29) is 6.10 Å². The van der Waals surface area contributed by atoms with Gasteiger partial charge in [0.05, 0.1) is 6.54 Å². The lowest BCUT2D eigenvalue weighted by atomic mass is 10.2. The second-order valence-electron chi connectivity index (χ2n) is 7.62. The van der Waals surface area contributed by atoms with E-state index in [4.69, 9.17) is 9.47 Å². The maximum absolute atomic E-state index is 5.99. The van der Waals surface area contributed by atoms with Gasteiger partial charge in [-0.3, -0.25) is 4.99 Å². The van der Waals surface area contributed by atoms with Gasteiger partial charge >= 0.3 is 0 Å². The summed E-state index contributed by atoms with van der Waals surface area (Å²) in [5, 5.41) is 6.70. The van der Waals surface area contributed by atoms with Crippen molar-refractivity contribution in [1.29, 1.82) is 0 Å². The Morgan fingerprint density at radius 2 is 1.93 bits per heavy atom. The number of aromatic nitrogens is 1. The van der Waals surface area contributed by atoms with Crippen molar-refractivity contribution in [2.75, 3.05) is 58.3 Å². The average molecular weight is 411 g/mol. The van der Waals surface area contributed by atoms with Gasteiger partial charge < -0.3 is 29.9 Å². The van der Waals surface area contributed by atoms with E-state index in [1.165, 1.54) is 5.56 Å². The fourth-order valence-electron chi connectivity index (χ4n) is 3.56. The average Bonchev–Trinajstić information content (AvgIpc) is 2.80. The number of pyridine rings is 1. The predicted molar refractivity (Wildman–Crippen MR) is 119 cm³/mol. The fourth-order valence-corrected chi connectivity index (χ4v) is 3.56. The molecule has 2 aliphatic heterocycles. The van der Waals surface area contributed by atoms with Crippen molar-refractivity contribution in [2.24, 2.45) is 4.99 Å². The van der Waals surface area contributed by atoms with Gasteiger partial charge in [-0.25, -0.2) is 4.98 Å². The Kier molecular flexibility index (Phi) is 6.53. The number of hydrogen-bond donors (Lipinski definition) is 2. The topological polar surface area (TPSA) is 74.3 Å². The van der Waals surface area contributed by atoms with E-state index in [0.29, 0.717) is 19.7 Å². The minimum Gasteiger partial charge on any atom is -0.486 e. The molecule has 160 valence electrons. The molecule has 0 saturated carbocycles. The number of benzene rings is 1. The van der Waals surface area contributed by atoms with Crippen molar-refractivity contribution in [3.05, 3.63) is 48.2 Å². The van der Waals surface area contributed by atoms with Crippen LogP contribution in [0.25, 0.3) is 0 Å². The molecular formula is C22H30N6O2. The molecule has 0 amide bonds. The monoisotopic (exact) mass is 410 g/mol. The smallest absolute Gasteiger partial charge is 0.191 e. The van der Waals surface area contributed by atoms with Crippen LogP contribution in [-0.4, -0.2) is 75.4 Å². The van der Waals surface area contributed by atoms with Gasteiger partial charge in [0.15, 0.2) is 17.5 Å². The third-order valence-electron chi connectivity index (χ3n) is 5.39. The molecule has 8 heteroatoms.